The highest BCUT2D eigenvalue weighted by molar-refractivity contribution is 7.11. The third-order valence-corrected chi connectivity index (χ3v) is 4.58. The lowest BCUT2D eigenvalue weighted by Crippen LogP contribution is -1.86. The molecule has 0 N–H and O–H groups in total. The average Bonchev–Trinajstić information content (AvgIpc) is 3.11. The van der Waals surface area contributed by atoms with Crippen molar-refractivity contribution in [2.75, 3.05) is 7.11 Å². The Morgan fingerprint density at radius 3 is 2.79 bits per heavy atom. The normalized spacial score (nSPS) is 11.1. The van der Waals surface area contributed by atoms with Crippen LogP contribution in [0.2, 0.25) is 0 Å². The molecule has 0 bridgehead atoms. The molecule has 0 atom stereocenters. The largest absolute Gasteiger partial charge is 0.497 e. The van der Waals surface area contributed by atoms with Crippen LogP contribution in [-0.2, 0) is 0 Å². The molecule has 1 aromatic heterocycles. The standard InChI is InChI=1S/C20H16N2OS/c1-14-6-3-4-7-15(14)10-17(12-21)20-22-19(13-24-20)16-8-5-9-18(11-16)23-2/h3-11,13H,1-2H3/b17-10-. The SMILES string of the molecule is COc1cccc(-c2csc(/C(C#N)=C\c3ccccc3C)n2)c1. The summed E-state index contributed by atoms with van der Waals surface area (Å²) in [5.74, 6) is 0.790. The fraction of sp³-hybridized carbons (Fsp3) is 0.100. The van der Waals surface area contributed by atoms with Gasteiger partial charge in [-0.2, -0.15) is 5.26 Å². The van der Waals surface area contributed by atoms with Gasteiger partial charge in [-0.05, 0) is 36.3 Å². The zero-order valence-corrected chi connectivity index (χ0v) is 14.3. The van der Waals surface area contributed by atoms with Gasteiger partial charge in [-0.3, -0.25) is 0 Å². The minimum absolute atomic E-state index is 0.573. The maximum Gasteiger partial charge on any atom is 0.134 e. The predicted molar refractivity (Wildman–Crippen MR) is 98.8 cm³/mol. The van der Waals surface area contributed by atoms with E-state index in [1.807, 2.05) is 66.9 Å². The topological polar surface area (TPSA) is 45.9 Å². The van der Waals surface area contributed by atoms with Crippen LogP contribution in [0, 0.1) is 18.3 Å². The second kappa shape index (κ2) is 7.12. The first-order valence-corrected chi connectivity index (χ1v) is 8.37. The van der Waals surface area contributed by atoms with Crippen LogP contribution in [0.15, 0.2) is 53.9 Å². The molecule has 118 valence electrons. The van der Waals surface area contributed by atoms with Gasteiger partial charge in [0.05, 0.1) is 18.4 Å². The van der Waals surface area contributed by atoms with Crippen molar-refractivity contribution < 1.29 is 4.74 Å². The van der Waals surface area contributed by atoms with E-state index in [2.05, 4.69) is 11.1 Å². The summed E-state index contributed by atoms with van der Waals surface area (Å²) < 4.78 is 5.26. The van der Waals surface area contributed by atoms with E-state index in [1.165, 1.54) is 11.3 Å². The lowest BCUT2D eigenvalue weighted by Gasteiger charge is -2.02. The van der Waals surface area contributed by atoms with E-state index in [0.717, 1.165) is 33.1 Å². The van der Waals surface area contributed by atoms with Gasteiger partial charge in [-0.25, -0.2) is 4.98 Å². The number of thiazole rings is 1. The van der Waals surface area contributed by atoms with Crippen LogP contribution >= 0.6 is 11.3 Å². The molecule has 0 saturated heterocycles. The van der Waals surface area contributed by atoms with E-state index < -0.39 is 0 Å². The molecule has 0 amide bonds. The Labute approximate surface area is 145 Å². The van der Waals surface area contributed by atoms with Gasteiger partial charge in [0.15, 0.2) is 0 Å². The van der Waals surface area contributed by atoms with Crippen molar-refractivity contribution in [1.82, 2.24) is 4.98 Å². The Kier molecular flexibility index (Phi) is 4.74. The molecule has 0 aliphatic rings. The zero-order chi connectivity index (χ0) is 16.9. The van der Waals surface area contributed by atoms with E-state index >= 15 is 0 Å². The van der Waals surface area contributed by atoms with Crippen molar-refractivity contribution in [3.05, 3.63) is 70.0 Å². The lowest BCUT2D eigenvalue weighted by molar-refractivity contribution is 0.415. The minimum Gasteiger partial charge on any atom is -0.497 e. The predicted octanol–water partition coefficient (Wildman–Crippen LogP) is 5.19. The maximum absolute atomic E-state index is 9.52. The van der Waals surface area contributed by atoms with Gasteiger partial charge in [-0.1, -0.05) is 36.4 Å². The van der Waals surface area contributed by atoms with Crippen LogP contribution in [0.3, 0.4) is 0 Å². The quantitative estimate of drug-likeness (QED) is 0.618. The van der Waals surface area contributed by atoms with Crippen molar-refractivity contribution in [3.8, 4) is 23.1 Å². The number of aromatic nitrogens is 1. The first-order chi connectivity index (χ1) is 11.7. The van der Waals surface area contributed by atoms with Crippen molar-refractivity contribution >= 4 is 23.0 Å². The fourth-order valence-corrected chi connectivity index (χ4v) is 3.15. The number of nitriles is 1. The molecule has 3 aromatic rings. The highest BCUT2D eigenvalue weighted by Crippen LogP contribution is 2.29. The summed E-state index contributed by atoms with van der Waals surface area (Å²) in [6.45, 7) is 2.03. The Hall–Kier alpha value is -2.90. The van der Waals surface area contributed by atoms with Crippen LogP contribution in [0.5, 0.6) is 5.75 Å². The molecule has 0 radical (unpaired) electrons. The van der Waals surface area contributed by atoms with Crippen LogP contribution in [0.1, 0.15) is 16.1 Å². The van der Waals surface area contributed by atoms with Crippen molar-refractivity contribution in [3.63, 3.8) is 0 Å². The molecule has 3 nitrogen and oxygen atoms in total. The lowest BCUT2D eigenvalue weighted by atomic mass is 10.1. The molecule has 0 aliphatic carbocycles. The number of nitrogens with zero attached hydrogens (tertiary/aromatic N) is 2. The van der Waals surface area contributed by atoms with E-state index in [-0.39, 0.29) is 0 Å². The number of hydrogen-bond donors (Lipinski definition) is 0. The first-order valence-electron chi connectivity index (χ1n) is 7.49. The zero-order valence-electron chi connectivity index (χ0n) is 13.5. The fourth-order valence-electron chi connectivity index (χ4n) is 2.36. The summed E-state index contributed by atoms with van der Waals surface area (Å²) in [6.07, 6.45) is 1.89. The summed E-state index contributed by atoms with van der Waals surface area (Å²) in [4.78, 5) is 4.63. The second-order valence-corrected chi connectivity index (χ2v) is 6.15. The van der Waals surface area contributed by atoms with Gasteiger partial charge < -0.3 is 4.74 Å². The molecular weight excluding hydrogens is 316 g/mol. The monoisotopic (exact) mass is 332 g/mol. The maximum atomic E-state index is 9.52. The van der Waals surface area contributed by atoms with Crippen molar-refractivity contribution in [1.29, 1.82) is 5.26 Å². The second-order valence-electron chi connectivity index (χ2n) is 5.30. The number of hydrogen-bond acceptors (Lipinski definition) is 4. The van der Waals surface area contributed by atoms with Crippen LogP contribution < -0.4 is 4.74 Å². The molecule has 0 fully saturated rings. The first kappa shape index (κ1) is 16.0. The number of methoxy groups -OCH3 is 1. The van der Waals surface area contributed by atoms with E-state index in [4.69, 9.17) is 4.74 Å². The molecule has 2 aromatic carbocycles. The molecule has 24 heavy (non-hydrogen) atoms. The smallest absolute Gasteiger partial charge is 0.134 e. The molecule has 1 heterocycles. The summed E-state index contributed by atoms with van der Waals surface area (Å²) in [5.41, 5.74) is 4.57. The summed E-state index contributed by atoms with van der Waals surface area (Å²) in [6, 6.07) is 18.0. The average molecular weight is 332 g/mol. The highest BCUT2D eigenvalue weighted by atomic mass is 32.1. The number of rotatable bonds is 4. The summed E-state index contributed by atoms with van der Waals surface area (Å²) >= 11 is 1.47. The number of ether oxygens (including phenoxy) is 1. The van der Waals surface area contributed by atoms with Crippen LogP contribution in [-0.4, -0.2) is 12.1 Å². The molecule has 0 spiro atoms. The Balaban J connectivity index is 1.97. The molecule has 0 saturated carbocycles. The van der Waals surface area contributed by atoms with Gasteiger partial charge in [-0.15, -0.1) is 11.3 Å². The third-order valence-electron chi connectivity index (χ3n) is 3.71. The van der Waals surface area contributed by atoms with E-state index in [1.54, 1.807) is 7.11 Å². The van der Waals surface area contributed by atoms with Crippen molar-refractivity contribution in [2.45, 2.75) is 6.92 Å². The molecule has 0 unspecified atom stereocenters. The van der Waals surface area contributed by atoms with Gasteiger partial charge in [0.2, 0.25) is 0 Å². The van der Waals surface area contributed by atoms with Gasteiger partial charge in [0, 0.05) is 10.9 Å². The minimum atomic E-state index is 0.573. The van der Waals surface area contributed by atoms with Gasteiger partial charge >= 0.3 is 0 Å². The Bertz CT molecular complexity index is 935. The van der Waals surface area contributed by atoms with Gasteiger partial charge in [0.25, 0.3) is 0 Å². The summed E-state index contributed by atoms with van der Waals surface area (Å²) in [5, 5.41) is 12.2. The molecule has 4 heteroatoms. The third kappa shape index (κ3) is 3.37. The van der Waals surface area contributed by atoms with Crippen LogP contribution in [0.4, 0.5) is 0 Å². The van der Waals surface area contributed by atoms with E-state index in [0.29, 0.717) is 5.57 Å². The molecule has 3 rings (SSSR count). The molecular formula is C20H16N2OS. The van der Waals surface area contributed by atoms with Gasteiger partial charge in [0.1, 0.15) is 16.8 Å². The van der Waals surface area contributed by atoms with Crippen molar-refractivity contribution in [2.24, 2.45) is 0 Å². The van der Waals surface area contributed by atoms with E-state index in [9.17, 15) is 5.26 Å². The molecule has 0 aliphatic heterocycles. The Morgan fingerprint density at radius 2 is 2.04 bits per heavy atom. The summed E-state index contributed by atoms with van der Waals surface area (Å²) in [7, 11) is 1.64. The number of aryl methyl sites for hydroxylation is 1. The Morgan fingerprint density at radius 1 is 1.21 bits per heavy atom. The van der Waals surface area contributed by atoms with Crippen LogP contribution in [0.25, 0.3) is 22.9 Å². The number of benzene rings is 2. The highest BCUT2D eigenvalue weighted by Gasteiger charge is 2.10. The number of allylic oxidation sites excluding steroid dienone is 1.